The number of aliphatic hydroxyl groups is 1. The summed E-state index contributed by atoms with van der Waals surface area (Å²) in [5.41, 5.74) is 1.13. The van der Waals surface area contributed by atoms with Crippen LogP contribution < -0.4 is 0 Å². The van der Waals surface area contributed by atoms with Gasteiger partial charge in [0.25, 0.3) is 5.91 Å². The van der Waals surface area contributed by atoms with E-state index in [4.69, 9.17) is 0 Å². The topological polar surface area (TPSA) is 40.5 Å². The zero-order valence-electron chi connectivity index (χ0n) is 13.0. The molecule has 1 aromatic carbocycles. The monoisotopic (exact) mass is 291 g/mol. The molecule has 1 unspecified atom stereocenters. The highest BCUT2D eigenvalue weighted by Gasteiger charge is 2.38. The average molecular weight is 291 g/mol. The number of hydrogen-bond acceptors (Lipinski definition) is 2. The Labute approximate surface area is 125 Å². The van der Waals surface area contributed by atoms with Crippen molar-refractivity contribution in [2.24, 2.45) is 5.41 Å². The normalized spacial score (nSPS) is 20.1. The van der Waals surface area contributed by atoms with Crippen LogP contribution in [0.25, 0.3) is 0 Å². The van der Waals surface area contributed by atoms with Gasteiger partial charge in [0.05, 0.1) is 5.57 Å². The van der Waals surface area contributed by atoms with E-state index in [1.807, 2.05) is 0 Å². The molecule has 114 valence electrons. The number of carbonyl (C=O) groups is 1. The number of amides is 1. The van der Waals surface area contributed by atoms with Crippen LogP contribution in [-0.2, 0) is 11.3 Å². The third kappa shape index (κ3) is 3.26. The van der Waals surface area contributed by atoms with Gasteiger partial charge in [-0.1, -0.05) is 32.9 Å². The van der Waals surface area contributed by atoms with Crippen LogP contribution in [0.4, 0.5) is 4.39 Å². The predicted octanol–water partition coefficient (Wildman–Crippen LogP) is 3.80. The largest absolute Gasteiger partial charge is 0.512 e. The van der Waals surface area contributed by atoms with E-state index in [-0.39, 0.29) is 28.9 Å². The van der Waals surface area contributed by atoms with Crippen LogP contribution in [0.5, 0.6) is 0 Å². The summed E-state index contributed by atoms with van der Waals surface area (Å²) in [4.78, 5) is 14.3. The summed E-state index contributed by atoms with van der Waals surface area (Å²) in [6.07, 6.45) is 0.461. The number of nitrogens with zero attached hydrogens (tertiary/aromatic N) is 1. The summed E-state index contributed by atoms with van der Waals surface area (Å²) in [7, 11) is 0. The maximum atomic E-state index is 13.0. The van der Waals surface area contributed by atoms with Gasteiger partial charge >= 0.3 is 0 Å². The van der Waals surface area contributed by atoms with Gasteiger partial charge in [0.15, 0.2) is 0 Å². The van der Waals surface area contributed by atoms with Crippen LogP contribution in [0.15, 0.2) is 35.6 Å². The molecular weight excluding hydrogens is 269 g/mol. The van der Waals surface area contributed by atoms with E-state index in [1.165, 1.54) is 12.1 Å². The molecule has 0 aromatic heterocycles. The number of rotatable bonds is 2. The summed E-state index contributed by atoms with van der Waals surface area (Å²) in [6.45, 7) is 8.23. The van der Waals surface area contributed by atoms with E-state index in [0.717, 1.165) is 5.56 Å². The van der Waals surface area contributed by atoms with Gasteiger partial charge in [-0.3, -0.25) is 4.79 Å². The molecule has 1 N–H and O–H groups in total. The highest BCUT2D eigenvalue weighted by molar-refractivity contribution is 5.94. The SMILES string of the molecule is CC1=C(O)CC(C(C)(C)C)N(Cc2ccc(F)cc2)C1=O. The van der Waals surface area contributed by atoms with Crippen LogP contribution in [0.1, 0.15) is 39.7 Å². The fraction of sp³-hybridized carbons (Fsp3) is 0.471. The molecule has 2 rings (SSSR count). The number of halogens is 1. The zero-order chi connectivity index (χ0) is 15.8. The Morgan fingerprint density at radius 2 is 1.86 bits per heavy atom. The van der Waals surface area contributed by atoms with Gasteiger partial charge in [-0.05, 0) is 30.0 Å². The summed E-state index contributed by atoms with van der Waals surface area (Å²) < 4.78 is 13.0. The highest BCUT2D eigenvalue weighted by atomic mass is 19.1. The molecule has 4 heteroatoms. The van der Waals surface area contributed by atoms with Crippen molar-refractivity contribution in [2.45, 2.75) is 46.7 Å². The third-order valence-corrected chi connectivity index (χ3v) is 4.04. The van der Waals surface area contributed by atoms with Crippen molar-refractivity contribution >= 4 is 5.91 Å². The van der Waals surface area contributed by atoms with Gasteiger partial charge in [0.2, 0.25) is 0 Å². The zero-order valence-corrected chi connectivity index (χ0v) is 13.0. The molecule has 1 heterocycles. The van der Waals surface area contributed by atoms with Crippen LogP contribution in [0.2, 0.25) is 0 Å². The third-order valence-electron chi connectivity index (χ3n) is 4.04. The first kappa shape index (κ1) is 15.5. The van der Waals surface area contributed by atoms with Gasteiger partial charge in [0, 0.05) is 19.0 Å². The minimum atomic E-state index is -0.287. The average Bonchev–Trinajstić information content (AvgIpc) is 2.40. The van der Waals surface area contributed by atoms with E-state index in [2.05, 4.69) is 20.8 Å². The molecule has 0 radical (unpaired) electrons. The quantitative estimate of drug-likeness (QED) is 0.900. The molecule has 0 aliphatic carbocycles. The Morgan fingerprint density at radius 1 is 1.29 bits per heavy atom. The lowest BCUT2D eigenvalue weighted by atomic mass is 9.80. The van der Waals surface area contributed by atoms with Gasteiger partial charge in [-0.2, -0.15) is 0 Å². The lowest BCUT2D eigenvalue weighted by Gasteiger charge is -2.43. The van der Waals surface area contributed by atoms with Gasteiger partial charge in [-0.25, -0.2) is 4.39 Å². The second-order valence-electron chi connectivity index (χ2n) is 6.72. The Morgan fingerprint density at radius 3 is 2.38 bits per heavy atom. The summed E-state index contributed by atoms with van der Waals surface area (Å²) in [5.74, 6) is -0.261. The van der Waals surface area contributed by atoms with Crippen LogP contribution in [0, 0.1) is 11.2 Å². The smallest absolute Gasteiger partial charge is 0.253 e. The first-order valence-corrected chi connectivity index (χ1v) is 7.14. The standard InChI is InChI=1S/C17H22FNO2/c1-11-14(20)9-15(17(2,3)4)19(16(11)21)10-12-5-7-13(18)8-6-12/h5-8,15,20H,9-10H2,1-4H3. The molecule has 21 heavy (non-hydrogen) atoms. The molecule has 1 aliphatic rings. The summed E-state index contributed by atoms with van der Waals surface area (Å²) >= 11 is 0. The molecule has 1 atom stereocenters. The van der Waals surface area contributed by atoms with E-state index in [1.54, 1.807) is 24.0 Å². The van der Waals surface area contributed by atoms with E-state index in [0.29, 0.717) is 18.5 Å². The second-order valence-corrected chi connectivity index (χ2v) is 6.72. The molecule has 1 aromatic rings. The summed E-state index contributed by atoms with van der Waals surface area (Å²) in [5, 5.41) is 9.98. The maximum Gasteiger partial charge on any atom is 0.253 e. The van der Waals surface area contributed by atoms with Gasteiger partial charge < -0.3 is 10.0 Å². The molecule has 0 saturated heterocycles. The fourth-order valence-corrected chi connectivity index (χ4v) is 2.67. The van der Waals surface area contributed by atoms with E-state index < -0.39 is 0 Å². The first-order valence-electron chi connectivity index (χ1n) is 7.14. The molecular formula is C17H22FNO2. The van der Waals surface area contributed by atoms with Crippen molar-refractivity contribution in [3.05, 3.63) is 47.0 Å². The Bertz CT molecular complexity index is 569. The Balaban J connectivity index is 2.33. The Kier molecular flexibility index (Phi) is 4.08. The van der Waals surface area contributed by atoms with Crippen LogP contribution in [-0.4, -0.2) is 22.0 Å². The molecule has 0 bridgehead atoms. The van der Waals surface area contributed by atoms with Crippen molar-refractivity contribution in [1.29, 1.82) is 0 Å². The Hall–Kier alpha value is -1.84. The molecule has 3 nitrogen and oxygen atoms in total. The minimum absolute atomic E-state index is 0.0845. The molecule has 0 fully saturated rings. The highest BCUT2D eigenvalue weighted by Crippen LogP contribution is 2.35. The lowest BCUT2D eigenvalue weighted by molar-refractivity contribution is -0.134. The van der Waals surface area contributed by atoms with Crippen molar-refractivity contribution < 1.29 is 14.3 Å². The molecule has 0 saturated carbocycles. The van der Waals surface area contributed by atoms with Gasteiger partial charge in [0.1, 0.15) is 11.6 Å². The fourth-order valence-electron chi connectivity index (χ4n) is 2.67. The summed E-state index contributed by atoms with van der Waals surface area (Å²) in [6, 6.07) is 6.09. The van der Waals surface area contributed by atoms with Crippen molar-refractivity contribution in [3.8, 4) is 0 Å². The first-order chi connectivity index (χ1) is 9.70. The molecule has 1 amide bonds. The van der Waals surface area contributed by atoms with Crippen molar-refractivity contribution in [3.63, 3.8) is 0 Å². The molecule has 0 spiro atoms. The minimum Gasteiger partial charge on any atom is -0.512 e. The van der Waals surface area contributed by atoms with Crippen LogP contribution >= 0.6 is 0 Å². The van der Waals surface area contributed by atoms with E-state index in [9.17, 15) is 14.3 Å². The number of aliphatic hydroxyl groups excluding tert-OH is 1. The number of carbonyl (C=O) groups excluding carboxylic acids is 1. The number of hydrogen-bond donors (Lipinski definition) is 1. The van der Waals surface area contributed by atoms with Crippen molar-refractivity contribution in [2.75, 3.05) is 0 Å². The second kappa shape index (κ2) is 5.51. The van der Waals surface area contributed by atoms with Gasteiger partial charge in [-0.15, -0.1) is 0 Å². The van der Waals surface area contributed by atoms with Crippen molar-refractivity contribution in [1.82, 2.24) is 4.90 Å². The molecule has 1 aliphatic heterocycles. The van der Waals surface area contributed by atoms with E-state index >= 15 is 0 Å². The predicted molar refractivity (Wildman–Crippen MR) is 80.1 cm³/mol. The lowest BCUT2D eigenvalue weighted by Crippen LogP contribution is -2.50. The number of benzene rings is 1. The maximum absolute atomic E-state index is 13.0. The van der Waals surface area contributed by atoms with Crippen LogP contribution in [0.3, 0.4) is 0 Å².